The molecular weight excluding hydrogens is 469 g/mol. The van der Waals surface area contributed by atoms with Crippen molar-refractivity contribution in [3.8, 4) is 0 Å². The molecule has 164 valence electrons. The third-order valence-corrected chi connectivity index (χ3v) is 6.16. The number of nitrogens with one attached hydrogen (secondary N) is 2. The number of hydrogen-bond donors (Lipinski definition) is 2. The summed E-state index contributed by atoms with van der Waals surface area (Å²) in [5.41, 5.74) is 0.0550. The van der Waals surface area contributed by atoms with Gasteiger partial charge in [-0.2, -0.15) is 5.10 Å². The van der Waals surface area contributed by atoms with Crippen LogP contribution in [0.4, 0.5) is 10.2 Å². The van der Waals surface area contributed by atoms with Crippen molar-refractivity contribution >= 4 is 39.5 Å². The minimum atomic E-state index is -0.674. The first-order valence-electron chi connectivity index (χ1n) is 10.2. The van der Waals surface area contributed by atoms with E-state index in [4.69, 9.17) is 0 Å². The second-order valence-corrected chi connectivity index (χ2v) is 8.95. The molecule has 10 heteroatoms. The Morgan fingerprint density at radius 1 is 1.19 bits per heavy atom. The Hall–Kier alpha value is -2.75. The molecule has 1 aliphatic carbocycles. The summed E-state index contributed by atoms with van der Waals surface area (Å²) in [6, 6.07) is 4.12. The highest BCUT2D eigenvalue weighted by Gasteiger charge is 2.36. The minimum absolute atomic E-state index is 0.137. The highest BCUT2D eigenvalue weighted by molar-refractivity contribution is 9.10. The zero-order valence-electron chi connectivity index (χ0n) is 17.0. The maximum absolute atomic E-state index is 14.1. The van der Waals surface area contributed by atoms with E-state index in [0.717, 1.165) is 25.8 Å². The first kappa shape index (κ1) is 21.5. The van der Waals surface area contributed by atoms with Crippen molar-refractivity contribution in [2.24, 2.45) is 18.9 Å². The second kappa shape index (κ2) is 8.78. The van der Waals surface area contributed by atoms with E-state index in [1.165, 1.54) is 23.0 Å². The molecule has 1 saturated heterocycles. The van der Waals surface area contributed by atoms with Gasteiger partial charge in [0.05, 0.1) is 11.8 Å². The van der Waals surface area contributed by atoms with Crippen molar-refractivity contribution < 1.29 is 18.8 Å². The van der Waals surface area contributed by atoms with Gasteiger partial charge >= 0.3 is 0 Å². The molecule has 4 rings (SSSR count). The summed E-state index contributed by atoms with van der Waals surface area (Å²) in [4.78, 5) is 39.3. The summed E-state index contributed by atoms with van der Waals surface area (Å²) >= 11 is 3.15. The number of aryl methyl sites for hydroxylation is 1. The van der Waals surface area contributed by atoms with Crippen LogP contribution in [0.15, 0.2) is 28.9 Å². The molecule has 2 aliphatic rings. The van der Waals surface area contributed by atoms with Gasteiger partial charge in [0.1, 0.15) is 17.2 Å². The lowest BCUT2D eigenvalue weighted by atomic mass is 10.1. The average Bonchev–Trinajstić information content (AvgIpc) is 3.37. The van der Waals surface area contributed by atoms with Gasteiger partial charge in [0.25, 0.3) is 11.8 Å². The fourth-order valence-electron chi connectivity index (χ4n) is 3.72. The Bertz CT molecular complexity index is 1040. The maximum Gasteiger partial charge on any atom is 0.259 e. The van der Waals surface area contributed by atoms with Gasteiger partial charge in [0.2, 0.25) is 5.91 Å². The van der Waals surface area contributed by atoms with Crippen LogP contribution in [0.2, 0.25) is 0 Å². The predicted octanol–water partition coefficient (Wildman–Crippen LogP) is 2.56. The molecule has 2 aromatic rings. The number of amides is 3. The molecular formula is C21H23BrFN5O3. The van der Waals surface area contributed by atoms with E-state index in [-0.39, 0.29) is 40.6 Å². The Morgan fingerprint density at radius 2 is 1.97 bits per heavy atom. The van der Waals surface area contributed by atoms with Crippen LogP contribution < -0.4 is 10.6 Å². The van der Waals surface area contributed by atoms with Crippen LogP contribution in [0, 0.1) is 17.7 Å². The number of benzene rings is 1. The Balaban J connectivity index is 1.37. The van der Waals surface area contributed by atoms with Gasteiger partial charge in [0.15, 0.2) is 0 Å². The third kappa shape index (κ3) is 4.79. The van der Waals surface area contributed by atoms with Gasteiger partial charge in [-0.15, -0.1) is 0 Å². The van der Waals surface area contributed by atoms with Gasteiger partial charge in [-0.3, -0.25) is 19.1 Å². The number of anilines is 1. The molecule has 2 heterocycles. The van der Waals surface area contributed by atoms with Crippen LogP contribution >= 0.6 is 15.9 Å². The van der Waals surface area contributed by atoms with Gasteiger partial charge < -0.3 is 15.5 Å². The van der Waals surface area contributed by atoms with Crippen LogP contribution in [0.5, 0.6) is 0 Å². The molecule has 31 heavy (non-hydrogen) atoms. The van der Waals surface area contributed by atoms with E-state index in [2.05, 4.69) is 31.7 Å². The van der Waals surface area contributed by atoms with E-state index in [0.29, 0.717) is 17.6 Å². The Morgan fingerprint density at radius 3 is 2.68 bits per heavy atom. The van der Waals surface area contributed by atoms with Crippen LogP contribution in [0.25, 0.3) is 0 Å². The van der Waals surface area contributed by atoms with Gasteiger partial charge in [0, 0.05) is 37.1 Å². The van der Waals surface area contributed by atoms with Crippen LogP contribution in [-0.4, -0.2) is 52.0 Å². The fourth-order valence-corrected chi connectivity index (χ4v) is 4.05. The topological polar surface area (TPSA) is 96.3 Å². The number of carbonyl (C=O) groups excluding carboxylic acids is 3. The van der Waals surface area contributed by atoms with Crippen molar-refractivity contribution in [1.82, 2.24) is 20.0 Å². The summed E-state index contributed by atoms with van der Waals surface area (Å²) in [5, 5.41) is 9.50. The van der Waals surface area contributed by atoms with E-state index in [9.17, 15) is 18.8 Å². The van der Waals surface area contributed by atoms with Crippen molar-refractivity contribution in [1.29, 1.82) is 0 Å². The molecule has 0 unspecified atom stereocenters. The smallest absolute Gasteiger partial charge is 0.259 e. The molecule has 2 fully saturated rings. The van der Waals surface area contributed by atoms with Crippen LogP contribution in [0.3, 0.4) is 0 Å². The van der Waals surface area contributed by atoms with E-state index in [1.807, 2.05) is 4.90 Å². The molecule has 1 aromatic carbocycles. The first-order valence-corrected chi connectivity index (χ1v) is 11.0. The SMILES string of the molecule is Cn1ncc(C(=O)NC[C@@H]2CCN(C(=O)C3CC3)C2)c1NC(=O)c1ccc(Br)cc1F. The highest BCUT2D eigenvalue weighted by Crippen LogP contribution is 2.32. The predicted molar refractivity (Wildman–Crippen MR) is 115 cm³/mol. The largest absolute Gasteiger partial charge is 0.352 e. The molecule has 0 spiro atoms. The van der Waals surface area contributed by atoms with Crippen molar-refractivity contribution in [2.45, 2.75) is 19.3 Å². The summed E-state index contributed by atoms with van der Waals surface area (Å²) in [5.74, 6) is -0.928. The number of aromatic nitrogens is 2. The maximum atomic E-state index is 14.1. The molecule has 3 amide bonds. The first-order chi connectivity index (χ1) is 14.8. The molecule has 0 bridgehead atoms. The minimum Gasteiger partial charge on any atom is -0.352 e. The number of nitrogens with zero attached hydrogens (tertiary/aromatic N) is 3. The summed E-state index contributed by atoms with van der Waals surface area (Å²) in [6.45, 7) is 1.80. The van der Waals surface area contributed by atoms with Gasteiger partial charge in [-0.05, 0) is 43.4 Å². The summed E-state index contributed by atoms with van der Waals surface area (Å²) in [7, 11) is 1.59. The second-order valence-electron chi connectivity index (χ2n) is 8.03. The number of rotatable bonds is 6. The lowest BCUT2D eigenvalue weighted by Crippen LogP contribution is -2.34. The third-order valence-electron chi connectivity index (χ3n) is 5.67. The lowest BCUT2D eigenvalue weighted by molar-refractivity contribution is -0.131. The van der Waals surface area contributed by atoms with Crippen molar-refractivity contribution in [2.75, 3.05) is 25.0 Å². The van der Waals surface area contributed by atoms with Gasteiger partial charge in [-0.1, -0.05) is 15.9 Å². The van der Waals surface area contributed by atoms with E-state index < -0.39 is 11.7 Å². The molecule has 1 aliphatic heterocycles. The van der Waals surface area contributed by atoms with Crippen molar-refractivity contribution in [3.63, 3.8) is 0 Å². The van der Waals surface area contributed by atoms with Crippen molar-refractivity contribution in [3.05, 3.63) is 45.8 Å². The molecule has 1 saturated carbocycles. The number of halogens is 2. The van der Waals surface area contributed by atoms with E-state index in [1.54, 1.807) is 13.1 Å². The van der Waals surface area contributed by atoms with E-state index >= 15 is 0 Å². The summed E-state index contributed by atoms with van der Waals surface area (Å²) in [6.07, 6.45) is 4.17. The monoisotopic (exact) mass is 491 g/mol. The fraction of sp³-hybridized carbons (Fsp3) is 0.429. The average molecular weight is 492 g/mol. The normalized spacial score (nSPS) is 18.2. The zero-order chi connectivity index (χ0) is 22.1. The lowest BCUT2D eigenvalue weighted by Gasteiger charge is -2.16. The van der Waals surface area contributed by atoms with Crippen LogP contribution in [-0.2, 0) is 11.8 Å². The Labute approximate surface area is 187 Å². The quantitative estimate of drug-likeness (QED) is 0.648. The number of hydrogen-bond acceptors (Lipinski definition) is 4. The molecule has 8 nitrogen and oxygen atoms in total. The summed E-state index contributed by atoms with van der Waals surface area (Å²) < 4.78 is 16.0. The number of carbonyl (C=O) groups is 3. The molecule has 1 atom stereocenters. The molecule has 0 radical (unpaired) electrons. The standard InChI is InChI=1S/C21H23BrFN5O3/c1-27-18(26-20(30)15-5-4-14(22)8-17(15)23)16(10-25-27)19(29)24-9-12-6-7-28(11-12)21(31)13-2-3-13/h4-5,8,10,12-13H,2-3,6-7,9,11H2,1H3,(H,24,29)(H,26,30)/t12-/m0/s1. The zero-order valence-corrected chi connectivity index (χ0v) is 18.6. The molecule has 2 N–H and O–H groups in total. The van der Waals surface area contributed by atoms with Gasteiger partial charge in [-0.25, -0.2) is 4.39 Å². The number of likely N-dealkylation sites (tertiary alicyclic amines) is 1. The molecule has 1 aromatic heterocycles. The Kier molecular flexibility index (Phi) is 6.08. The van der Waals surface area contributed by atoms with Crippen LogP contribution in [0.1, 0.15) is 40.0 Å². The highest BCUT2D eigenvalue weighted by atomic mass is 79.9.